The van der Waals surface area contributed by atoms with E-state index in [1.807, 2.05) is 6.20 Å². The monoisotopic (exact) mass is 230 g/mol. The van der Waals surface area contributed by atoms with Crippen LogP contribution in [-0.2, 0) is 6.54 Å². The molecule has 1 atom stereocenters. The Hall–Kier alpha value is -1.39. The molecule has 1 unspecified atom stereocenters. The van der Waals surface area contributed by atoms with Crippen LogP contribution < -0.4 is 11.1 Å². The van der Waals surface area contributed by atoms with Crippen LogP contribution in [0.5, 0.6) is 0 Å². The van der Waals surface area contributed by atoms with E-state index < -0.39 is 0 Å². The molecule has 0 saturated carbocycles. The van der Waals surface area contributed by atoms with Crippen molar-refractivity contribution in [3.05, 3.63) is 35.9 Å². The minimum Gasteiger partial charge on any atom is -0.326 e. The molecule has 17 heavy (non-hydrogen) atoms. The zero-order chi connectivity index (χ0) is 11.7. The Kier molecular flexibility index (Phi) is 2.82. The van der Waals surface area contributed by atoms with Gasteiger partial charge in [-0.3, -0.25) is 0 Å². The number of imidazole rings is 1. The van der Waals surface area contributed by atoms with Gasteiger partial charge in [0.1, 0.15) is 5.82 Å². The number of aromatic nitrogens is 2. The van der Waals surface area contributed by atoms with Crippen molar-refractivity contribution in [1.29, 1.82) is 0 Å². The lowest BCUT2D eigenvalue weighted by Gasteiger charge is -2.22. The van der Waals surface area contributed by atoms with Crippen molar-refractivity contribution in [1.82, 2.24) is 14.7 Å². The van der Waals surface area contributed by atoms with Crippen molar-refractivity contribution in [3.8, 4) is 0 Å². The number of hydrogen-bond donors (Lipinski definition) is 2. The van der Waals surface area contributed by atoms with E-state index in [1.54, 1.807) is 0 Å². The number of pyridine rings is 1. The SMILES string of the molecule is NCc1ccn2c(C3CCCCN3)ncc2c1. The van der Waals surface area contributed by atoms with E-state index in [2.05, 4.69) is 33.0 Å². The molecular weight excluding hydrogens is 212 g/mol. The molecule has 1 aliphatic heterocycles. The fourth-order valence-electron chi connectivity index (χ4n) is 2.52. The lowest BCUT2D eigenvalue weighted by atomic mass is 10.0. The first-order valence-electron chi connectivity index (χ1n) is 6.28. The predicted octanol–water partition coefficient (Wildman–Crippen LogP) is 1.61. The van der Waals surface area contributed by atoms with Gasteiger partial charge in [-0.15, -0.1) is 0 Å². The fraction of sp³-hybridized carbons (Fsp3) is 0.462. The minimum atomic E-state index is 0.398. The fourth-order valence-corrected chi connectivity index (χ4v) is 2.52. The molecule has 0 aromatic carbocycles. The Balaban J connectivity index is 1.99. The lowest BCUT2D eigenvalue weighted by Crippen LogP contribution is -2.28. The van der Waals surface area contributed by atoms with Crippen LogP contribution in [0.3, 0.4) is 0 Å². The highest BCUT2D eigenvalue weighted by Gasteiger charge is 2.18. The third-order valence-corrected chi connectivity index (χ3v) is 3.48. The Morgan fingerprint density at radius 3 is 3.18 bits per heavy atom. The van der Waals surface area contributed by atoms with E-state index in [-0.39, 0.29) is 0 Å². The van der Waals surface area contributed by atoms with Gasteiger partial charge in [0.2, 0.25) is 0 Å². The standard InChI is InChI=1S/C13H18N4/c14-8-10-4-6-17-11(7-10)9-16-13(17)12-3-1-2-5-15-12/h4,6-7,9,12,15H,1-3,5,8,14H2. The molecule has 0 aliphatic carbocycles. The minimum absolute atomic E-state index is 0.398. The summed E-state index contributed by atoms with van der Waals surface area (Å²) in [6.07, 6.45) is 7.75. The van der Waals surface area contributed by atoms with Crippen molar-refractivity contribution in [2.24, 2.45) is 5.73 Å². The smallest absolute Gasteiger partial charge is 0.130 e. The molecule has 0 bridgehead atoms. The first-order valence-corrected chi connectivity index (χ1v) is 6.28. The van der Waals surface area contributed by atoms with Gasteiger partial charge < -0.3 is 15.5 Å². The van der Waals surface area contributed by atoms with Gasteiger partial charge in [-0.25, -0.2) is 4.98 Å². The van der Waals surface area contributed by atoms with Crippen LogP contribution in [-0.4, -0.2) is 15.9 Å². The molecule has 3 N–H and O–H groups in total. The molecule has 90 valence electrons. The van der Waals surface area contributed by atoms with Gasteiger partial charge in [0, 0.05) is 12.7 Å². The average molecular weight is 230 g/mol. The van der Waals surface area contributed by atoms with Gasteiger partial charge in [-0.1, -0.05) is 6.42 Å². The molecule has 1 fully saturated rings. The van der Waals surface area contributed by atoms with Crippen LogP contribution in [0.2, 0.25) is 0 Å². The summed E-state index contributed by atoms with van der Waals surface area (Å²) < 4.78 is 2.17. The number of nitrogens with zero attached hydrogens (tertiary/aromatic N) is 2. The second-order valence-corrected chi connectivity index (χ2v) is 4.65. The van der Waals surface area contributed by atoms with Crippen LogP contribution in [0, 0.1) is 0 Å². The molecule has 4 heteroatoms. The maximum absolute atomic E-state index is 5.65. The van der Waals surface area contributed by atoms with Crippen LogP contribution in [0.25, 0.3) is 5.52 Å². The molecule has 2 aromatic rings. The summed E-state index contributed by atoms with van der Waals surface area (Å²) in [5.74, 6) is 1.13. The third-order valence-electron chi connectivity index (χ3n) is 3.48. The van der Waals surface area contributed by atoms with Crippen LogP contribution in [0.1, 0.15) is 36.7 Å². The molecule has 2 aromatic heterocycles. The number of piperidine rings is 1. The van der Waals surface area contributed by atoms with E-state index in [0.29, 0.717) is 12.6 Å². The second-order valence-electron chi connectivity index (χ2n) is 4.65. The maximum atomic E-state index is 5.65. The topological polar surface area (TPSA) is 55.4 Å². The van der Waals surface area contributed by atoms with Crippen molar-refractivity contribution in [2.75, 3.05) is 6.54 Å². The summed E-state index contributed by atoms with van der Waals surface area (Å²) >= 11 is 0. The normalized spacial score (nSPS) is 20.9. The summed E-state index contributed by atoms with van der Waals surface area (Å²) in [6.45, 7) is 1.68. The zero-order valence-electron chi connectivity index (χ0n) is 9.89. The first kappa shape index (κ1) is 10.7. The summed E-state index contributed by atoms with van der Waals surface area (Å²) in [7, 11) is 0. The van der Waals surface area contributed by atoms with E-state index in [4.69, 9.17) is 5.73 Å². The molecule has 4 nitrogen and oxygen atoms in total. The highest BCUT2D eigenvalue weighted by atomic mass is 15.1. The molecule has 3 heterocycles. The van der Waals surface area contributed by atoms with Crippen molar-refractivity contribution in [3.63, 3.8) is 0 Å². The molecule has 1 aliphatic rings. The van der Waals surface area contributed by atoms with Gasteiger partial charge in [-0.2, -0.15) is 0 Å². The first-order chi connectivity index (χ1) is 8.38. The predicted molar refractivity (Wildman–Crippen MR) is 67.7 cm³/mol. The van der Waals surface area contributed by atoms with E-state index in [0.717, 1.165) is 23.4 Å². The summed E-state index contributed by atoms with van der Waals surface area (Å²) in [5.41, 5.74) is 7.94. The highest BCUT2D eigenvalue weighted by molar-refractivity contribution is 5.48. The van der Waals surface area contributed by atoms with Crippen molar-refractivity contribution < 1.29 is 0 Å². The van der Waals surface area contributed by atoms with Gasteiger partial charge in [0.15, 0.2) is 0 Å². The van der Waals surface area contributed by atoms with Gasteiger partial charge >= 0.3 is 0 Å². The van der Waals surface area contributed by atoms with E-state index in [9.17, 15) is 0 Å². The molecule has 0 amide bonds. The average Bonchev–Trinajstić information content (AvgIpc) is 2.82. The molecule has 3 rings (SSSR count). The molecular formula is C13H18N4. The summed E-state index contributed by atoms with van der Waals surface area (Å²) in [6, 6.07) is 4.58. The number of rotatable bonds is 2. The summed E-state index contributed by atoms with van der Waals surface area (Å²) in [5, 5.41) is 3.53. The Labute approximate surface area is 101 Å². The summed E-state index contributed by atoms with van der Waals surface area (Å²) in [4.78, 5) is 4.55. The lowest BCUT2D eigenvalue weighted by molar-refractivity contribution is 0.396. The number of nitrogens with one attached hydrogen (secondary N) is 1. The second kappa shape index (κ2) is 4.47. The molecule has 0 radical (unpaired) electrons. The van der Waals surface area contributed by atoms with Gasteiger partial charge in [0.25, 0.3) is 0 Å². The largest absolute Gasteiger partial charge is 0.326 e. The quantitative estimate of drug-likeness (QED) is 0.824. The van der Waals surface area contributed by atoms with Crippen LogP contribution >= 0.6 is 0 Å². The van der Waals surface area contributed by atoms with E-state index in [1.165, 1.54) is 19.3 Å². The van der Waals surface area contributed by atoms with Crippen molar-refractivity contribution >= 4 is 5.52 Å². The zero-order valence-corrected chi connectivity index (χ0v) is 9.89. The third kappa shape index (κ3) is 1.94. The Morgan fingerprint density at radius 2 is 2.41 bits per heavy atom. The Bertz CT molecular complexity index is 511. The van der Waals surface area contributed by atoms with Crippen LogP contribution in [0.15, 0.2) is 24.5 Å². The molecule has 0 spiro atoms. The maximum Gasteiger partial charge on any atom is 0.130 e. The highest BCUT2D eigenvalue weighted by Crippen LogP contribution is 2.23. The number of nitrogens with two attached hydrogens (primary N) is 1. The Morgan fingerprint density at radius 1 is 1.47 bits per heavy atom. The van der Waals surface area contributed by atoms with Crippen LogP contribution in [0.4, 0.5) is 0 Å². The molecule has 1 saturated heterocycles. The van der Waals surface area contributed by atoms with Gasteiger partial charge in [-0.05, 0) is 37.1 Å². The van der Waals surface area contributed by atoms with E-state index >= 15 is 0 Å². The van der Waals surface area contributed by atoms with Crippen molar-refractivity contribution in [2.45, 2.75) is 31.8 Å². The number of fused-ring (bicyclic) bond motifs is 1. The van der Waals surface area contributed by atoms with Gasteiger partial charge in [0.05, 0.1) is 17.8 Å². The number of hydrogen-bond acceptors (Lipinski definition) is 3.